The molecule has 30 heavy (non-hydrogen) atoms. The van der Waals surface area contributed by atoms with Gasteiger partial charge in [-0.1, -0.05) is 24.3 Å². The topological polar surface area (TPSA) is 119 Å². The number of benzene rings is 2. The van der Waals surface area contributed by atoms with Crippen molar-refractivity contribution in [2.45, 2.75) is 6.92 Å². The summed E-state index contributed by atoms with van der Waals surface area (Å²) in [7, 11) is 0. The van der Waals surface area contributed by atoms with Gasteiger partial charge in [0.2, 0.25) is 0 Å². The zero-order valence-corrected chi connectivity index (χ0v) is 15.9. The largest absolute Gasteiger partial charge is 0.462 e. The molecular formula is C21H17N3O6. The standard InChI is InChI=1S/C21H17N3O6/c1-2-30-21(27)15-9-11-16(12-10-15)23-20(26)18(19(25)22-23)8-4-6-14-5-3-7-17(13-14)24(28)29/h3-13H,2H2,1H3,(H,22,25). The fraction of sp³-hybridized carbons (Fsp3) is 0.0952. The number of hydrogen-bond acceptors (Lipinski definition) is 6. The number of nitrogens with one attached hydrogen (secondary N) is 1. The molecule has 1 aliphatic heterocycles. The fourth-order valence-corrected chi connectivity index (χ4v) is 2.72. The van der Waals surface area contributed by atoms with E-state index in [1.165, 1.54) is 48.6 Å². The molecular weight excluding hydrogens is 390 g/mol. The van der Waals surface area contributed by atoms with Gasteiger partial charge in [-0.15, -0.1) is 0 Å². The lowest BCUT2D eigenvalue weighted by Gasteiger charge is -2.14. The molecule has 3 rings (SSSR count). The number of anilines is 1. The van der Waals surface area contributed by atoms with Crippen molar-refractivity contribution in [2.75, 3.05) is 11.6 Å². The van der Waals surface area contributed by atoms with Gasteiger partial charge in [0.25, 0.3) is 17.5 Å². The van der Waals surface area contributed by atoms with Gasteiger partial charge in [-0.05, 0) is 42.8 Å². The molecule has 0 bridgehead atoms. The summed E-state index contributed by atoms with van der Waals surface area (Å²) in [5.74, 6) is -1.63. The Morgan fingerprint density at radius 3 is 2.60 bits per heavy atom. The average Bonchev–Trinajstić information content (AvgIpc) is 3.02. The Labute approximate surface area is 171 Å². The van der Waals surface area contributed by atoms with E-state index in [0.29, 0.717) is 16.8 Å². The van der Waals surface area contributed by atoms with Crippen molar-refractivity contribution >= 4 is 35.2 Å². The molecule has 0 spiro atoms. The van der Waals surface area contributed by atoms with Crippen LogP contribution in [0.15, 0.2) is 66.3 Å². The zero-order chi connectivity index (χ0) is 21.7. The van der Waals surface area contributed by atoms with Crippen LogP contribution in [0.1, 0.15) is 22.8 Å². The van der Waals surface area contributed by atoms with E-state index in [0.717, 1.165) is 5.01 Å². The first kappa shape index (κ1) is 20.5. The van der Waals surface area contributed by atoms with Crippen LogP contribution in [-0.4, -0.2) is 29.3 Å². The number of allylic oxidation sites excluding steroid dienone is 2. The number of hydrogen-bond donors (Lipinski definition) is 1. The number of carbonyl (C=O) groups excluding carboxylic acids is 3. The molecule has 2 aromatic carbocycles. The van der Waals surface area contributed by atoms with Gasteiger partial charge in [0.15, 0.2) is 0 Å². The molecule has 9 heteroatoms. The predicted octanol–water partition coefficient (Wildman–Crippen LogP) is 2.79. The van der Waals surface area contributed by atoms with Gasteiger partial charge in [0.1, 0.15) is 5.57 Å². The number of nitrogens with zero attached hydrogens (tertiary/aromatic N) is 2. The van der Waals surface area contributed by atoms with Crippen LogP contribution in [0.3, 0.4) is 0 Å². The summed E-state index contributed by atoms with van der Waals surface area (Å²) >= 11 is 0. The third-order valence-electron chi connectivity index (χ3n) is 4.16. The van der Waals surface area contributed by atoms with Gasteiger partial charge in [0, 0.05) is 12.1 Å². The molecule has 1 heterocycles. The molecule has 0 unspecified atom stereocenters. The molecule has 0 atom stereocenters. The third-order valence-corrected chi connectivity index (χ3v) is 4.16. The van der Waals surface area contributed by atoms with Crippen LogP contribution in [-0.2, 0) is 14.3 Å². The van der Waals surface area contributed by atoms with Crippen LogP contribution in [0.5, 0.6) is 0 Å². The number of rotatable bonds is 6. The summed E-state index contributed by atoms with van der Waals surface area (Å²) in [6.45, 7) is 1.95. The average molecular weight is 407 g/mol. The Morgan fingerprint density at radius 1 is 1.20 bits per heavy atom. The Balaban J connectivity index is 1.75. The first-order valence-electron chi connectivity index (χ1n) is 8.96. The van der Waals surface area contributed by atoms with E-state index in [-0.39, 0.29) is 17.9 Å². The summed E-state index contributed by atoms with van der Waals surface area (Å²) < 4.78 is 4.91. The molecule has 2 aromatic rings. The monoisotopic (exact) mass is 407 g/mol. The minimum atomic E-state index is -0.585. The Kier molecular flexibility index (Phi) is 6.02. The highest BCUT2D eigenvalue weighted by Gasteiger charge is 2.34. The fourth-order valence-electron chi connectivity index (χ4n) is 2.72. The van der Waals surface area contributed by atoms with Gasteiger partial charge in [-0.2, -0.15) is 0 Å². The minimum absolute atomic E-state index is 0.0584. The van der Waals surface area contributed by atoms with Crippen molar-refractivity contribution in [2.24, 2.45) is 0 Å². The van der Waals surface area contributed by atoms with Crippen molar-refractivity contribution in [3.05, 3.63) is 87.5 Å². The van der Waals surface area contributed by atoms with Gasteiger partial charge in [0.05, 0.1) is 22.8 Å². The molecule has 0 saturated carbocycles. The lowest BCUT2D eigenvalue weighted by Crippen LogP contribution is -2.35. The lowest BCUT2D eigenvalue weighted by atomic mass is 10.1. The molecule has 0 radical (unpaired) electrons. The molecule has 1 N–H and O–H groups in total. The number of nitro groups is 1. The zero-order valence-electron chi connectivity index (χ0n) is 15.9. The Bertz CT molecular complexity index is 1070. The third kappa shape index (κ3) is 4.41. The Morgan fingerprint density at radius 2 is 1.93 bits per heavy atom. The number of non-ortho nitro benzene ring substituents is 1. The second-order valence-corrected chi connectivity index (χ2v) is 6.14. The molecule has 152 valence electrons. The lowest BCUT2D eigenvalue weighted by molar-refractivity contribution is -0.384. The van der Waals surface area contributed by atoms with Gasteiger partial charge < -0.3 is 4.74 Å². The first-order chi connectivity index (χ1) is 14.4. The summed E-state index contributed by atoms with van der Waals surface area (Å²) in [6.07, 6.45) is 4.36. The van der Waals surface area contributed by atoms with E-state index in [2.05, 4.69) is 5.43 Å². The number of nitro benzene ring substituents is 1. The van der Waals surface area contributed by atoms with E-state index in [1.54, 1.807) is 25.1 Å². The minimum Gasteiger partial charge on any atom is -0.462 e. The van der Waals surface area contributed by atoms with E-state index in [9.17, 15) is 24.5 Å². The summed E-state index contributed by atoms with van der Waals surface area (Å²) in [4.78, 5) is 46.8. The number of ether oxygens (including phenoxy) is 1. The SMILES string of the molecule is CCOC(=O)c1ccc(N2NC(=O)C(=CC=Cc3cccc([N+](=O)[O-])c3)C2=O)cc1. The second kappa shape index (κ2) is 8.82. The van der Waals surface area contributed by atoms with Crippen LogP contribution in [0.25, 0.3) is 6.08 Å². The highest BCUT2D eigenvalue weighted by molar-refractivity contribution is 6.29. The van der Waals surface area contributed by atoms with Crippen LogP contribution >= 0.6 is 0 Å². The molecule has 0 aromatic heterocycles. The molecule has 0 aliphatic carbocycles. The van der Waals surface area contributed by atoms with E-state index in [1.807, 2.05) is 0 Å². The maximum Gasteiger partial charge on any atom is 0.338 e. The van der Waals surface area contributed by atoms with Crippen LogP contribution < -0.4 is 10.4 Å². The number of amides is 2. The molecule has 9 nitrogen and oxygen atoms in total. The van der Waals surface area contributed by atoms with Crippen molar-refractivity contribution in [1.82, 2.24) is 5.43 Å². The molecule has 1 saturated heterocycles. The maximum atomic E-state index is 12.6. The normalized spacial score (nSPS) is 15.0. The van der Waals surface area contributed by atoms with E-state index in [4.69, 9.17) is 4.74 Å². The van der Waals surface area contributed by atoms with Crippen molar-refractivity contribution in [1.29, 1.82) is 0 Å². The van der Waals surface area contributed by atoms with Crippen molar-refractivity contribution in [3.8, 4) is 0 Å². The molecule has 1 aliphatic rings. The quantitative estimate of drug-likeness (QED) is 0.259. The van der Waals surface area contributed by atoms with Crippen molar-refractivity contribution in [3.63, 3.8) is 0 Å². The van der Waals surface area contributed by atoms with E-state index >= 15 is 0 Å². The highest BCUT2D eigenvalue weighted by Crippen LogP contribution is 2.21. The van der Waals surface area contributed by atoms with Gasteiger partial charge >= 0.3 is 5.97 Å². The molecule has 1 fully saturated rings. The van der Waals surface area contributed by atoms with E-state index < -0.39 is 22.7 Å². The van der Waals surface area contributed by atoms with Crippen LogP contribution in [0, 0.1) is 10.1 Å². The highest BCUT2D eigenvalue weighted by atomic mass is 16.6. The van der Waals surface area contributed by atoms with Crippen LogP contribution in [0.4, 0.5) is 11.4 Å². The summed E-state index contributed by atoms with van der Waals surface area (Å²) in [5, 5.41) is 11.9. The summed E-state index contributed by atoms with van der Waals surface area (Å²) in [5.41, 5.74) is 3.57. The smallest absolute Gasteiger partial charge is 0.338 e. The number of esters is 1. The van der Waals surface area contributed by atoms with Crippen LogP contribution in [0.2, 0.25) is 0 Å². The summed E-state index contributed by atoms with van der Waals surface area (Å²) in [6, 6.07) is 12.0. The molecule has 2 amide bonds. The van der Waals surface area contributed by atoms with Gasteiger partial charge in [-0.3, -0.25) is 25.1 Å². The number of hydrazine groups is 1. The second-order valence-electron chi connectivity index (χ2n) is 6.14. The number of carbonyl (C=O) groups is 3. The van der Waals surface area contributed by atoms with Crippen molar-refractivity contribution < 1.29 is 24.0 Å². The first-order valence-corrected chi connectivity index (χ1v) is 8.96. The maximum absolute atomic E-state index is 12.6. The Hall–Kier alpha value is -4.27. The van der Waals surface area contributed by atoms with Gasteiger partial charge in [-0.25, -0.2) is 9.80 Å². The predicted molar refractivity (Wildman–Crippen MR) is 108 cm³/mol.